The predicted molar refractivity (Wildman–Crippen MR) is 133 cm³/mol. The normalized spacial score (nSPS) is 13.7. The molecule has 0 bridgehead atoms. The van der Waals surface area contributed by atoms with Gasteiger partial charge in [-0.25, -0.2) is 4.39 Å². The largest absolute Gasteiger partial charge is 0.377 e. The molecule has 0 rings (SSSR count). The lowest BCUT2D eigenvalue weighted by atomic mass is 10.1. The van der Waals surface area contributed by atoms with E-state index in [2.05, 4.69) is 10.6 Å². The van der Waals surface area contributed by atoms with Gasteiger partial charge in [-0.2, -0.15) is 0 Å². The van der Waals surface area contributed by atoms with Crippen LogP contribution in [-0.2, 0) is 38.1 Å². The van der Waals surface area contributed by atoms with Crippen molar-refractivity contribution in [2.75, 3.05) is 79.2 Å². The lowest BCUT2D eigenvalue weighted by Gasteiger charge is -2.13. The number of amides is 2. The molecule has 10 nitrogen and oxygen atoms in total. The number of alkyl halides is 1. The number of carbonyl (C=O) groups is 3. The van der Waals surface area contributed by atoms with Gasteiger partial charge in [-0.3, -0.25) is 14.4 Å². The van der Waals surface area contributed by atoms with Crippen LogP contribution in [0.4, 0.5) is 4.39 Å². The van der Waals surface area contributed by atoms with Crippen LogP contribution in [0.3, 0.4) is 0 Å². The summed E-state index contributed by atoms with van der Waals surface area (Å²) >= 11 is 0. The van der Waals surface area contributed by atoms with Crippen LogP contribution in [0, 0.1) is 11.8 Å². The van der Waals surface area contributed by atoms with Crippen LogP contribution in [0.25, 0.3) is 0 Å². The minimum atomic E-state index is -1.80. The molecule has 2 N–H and O–H groups in total. The van der Waals surface area contributed by atoms with Crippen LogP contribution in [-0.4, -0.2) is 103 Å². The molecule has 0 radical (unpaired) electrons. The third-order valence-corrected chi connectivity index (χ3v) is 5.24. The second kappa shape index (κ2) is 22.8. The number of Topliss-reactive ketones (excluding diaryl/α,β-unsaturated/α-hetero) is 1. The molecule has 0 aliphatic rings. The van der Waals surface area contributed by atoms with Gasteiger partial charge in [0.2, 0.25) is 5.91 Å². The minimum absolute atomic E-state index is 0. The Bertz CT molecular complexity index is 579. The Morgan fingerprint density at radius 3 is 1.63 bits per heavy atom. The van der Waals surface area contributed by atoms with Crippen molar-refractivity contribution in [3.05, 3.63) is 0 Å². The van der Waals surface area contributed by atoms with Gasteiger partial charge >= 0.3 is 0 Å². The predicted octanol–water partition coefficient (Wildman–Crippen LogP) is 1.79. The maximum atomic E-state index is 13.8. The van der Waals surface area contributed by atoms with Crippen molar-refractivity contribution in [1.29, 1.82) is 0 Å². The molecule has 3 unspecified atom stereocenters. The van der Waals surface area contributed by atoms with Crippen LogP contribution in [0.15, 0.2) is 0 Å². The Morgan fingerprint density at radius 2 is 1.14 bits per heavy atom. The van der Waals surface area contributed by atoms with Gasteiger partial charge in [0, 0.05) is 21.2 Å². The van der Waals surface area contributed by atoms with Gasteiger partial charge in [0.1, 0.15) is 6.61 Å². The molecule has 0 heterocycles. The van der Waals surface area contributed by atoms with Gasteiger partial charge in [-0.15, -0.1) is 0 Å². The maximum absolute atomic E-state index is 13.8. The van der Waals surface area contributed by atoms with Gasteiger partial charge in [0.15, 0.2) is 12.0 Å². The number of halogens is 1. The van der Waals surface area contributed by atoms with Crippen molar-refractivity contribution in [3.63, 3.8) is 0 Å². The molecule has 0 aliphatic carbocycles. The number of ketones is 1. The monoisotopic (exact) mass is 512 g/mol. The second-order valence-corrected chi connectivity index (χ2v) is 8.09. The smallest absolute Gasteiger partial charge is 0.256 e. The summed E-state index contributed by atoms with van der Waals surface area (Å²) < 4.78 is 40.4. The SMILES string of the molecule is CCC(C)C(=O)COCCOCCOCCOCCOCCNC(=O)C(F)CNC(=O)C(C)CC.[HH].[HH]. The molecule has 0 aromatic rings. The number of hydrogen-bond donors (Lipinski definition) is 2. The number of rotatable bonds is 24. The Labute approximate surface area is 211 Å². The first-order chi connectivity index (χ1) is 16.8. The molecule has 0 spiro atoms. The molecule has 0 aromatic heterocycles. The second-order valence-electron chi connectivity index (χ2n) is 8.09. The van der Waals surface area contributed by atoms with E-state index in [9.17, 15) is 18.8 Å². The molecule has 0 aliphatic heterocycles. The van der Waals surface area contributed by atoms with E-state index in [0.717, 1.165) is 6.42 Å². The Morgan fingerprint density at radius 1 is 0.686 bits per heavy atom. The topological polar surface area (TPSA) is 121 Å². The van der Waals surface area contributed by atoms with Crippen molar-refractivity contribution in [2.45, 2.75) is 46.7 Å². The highest BCUT2D eigenvalue weighted by Gasteiger charge is 2.19. The molecule has 0 saturated heterocycles. The van der Waals surface area contributed by atoms with E-state index < -0.39 is 12.1 Å². The molecule has 0 fully saturated rings. The Kier molecular flexibility index (Phi) is 21.7. The zero-order valence-electron chi connectivity index (χ0n) is 21.8. The molecule has 35 heavy (non-hydrogen) atoms. The van der Waals surface area contributed by atoms with Crippen molar-refractivity contribution in [1.82, 2.24) is 10.6 Å². The van der Waals surface area contributed by atoms with Crippen LogP contribution in [0.2, 0.25) is 0 Å². The molecular formula is C24H49FN2O8. The van der Waals surface area contributed by atoms with Crippen LogP contribution in [0.1, 0.15) is 43.4 Å². The van der Waals surface area contributed by atoms with Gasteiger partial charge in [0.25, 0.3) is 5.91 Å². The van der Waals surface area contributed by atoms with E-state index in [1.807, 2.05) is 20.8 Å². The van der Waals surface area contributed by atoms with Crippen molar-refractivity contribution < 1.29 is 45.3 Å². The van der Waals surface area contributed by atoms with Gasteiger partial charge in [-0.05, 0) is 12.8 Å². The number of nitrogens with one attached hydrogen (secondary N) is 2. The number of ether oxygens (including phenoxy) is 5. The van der Waals surface area contributed by atoms with Crippen LogP contribution >= 0.6 is 0 Å². The van der Waals surface area contributed by atoms with E-state index in [-0.39, 0.29) is 52.7 Å². The fraction of sp³-hybridized carbons (Fsp3) is 0.875. The van der Waals surface area contributed by atoms with Gasteiger partial charge < -0.3 is 34.3 Å². The summed E-state index contributed by atoms with van der Waals surface area (Å²) in [6.07, 6.45) is -0.328. The summed E-state index contributed by atoms with van der Waals surface area (Å²) in [7, 11) is 0. The molecule has 3 atom stereocenters. The average molecular weight is 513 g/mol. The first kappa shape index (κ1) is 33.3. The third-order valence-electron chi connectivity index (χ3n) is 5.24. The minimum Gasteiger partial charge on any atom is -0.377 e. The molecule has 210 valence electrons. The molecule has 11 heteroatoms. The highest BCUT2D eigenvalue weighted by molar-refractivity contribution is 5.83. The zero-order chi connectivity index (χ0) is 26.3. The first-order valence-corrected chi connectivity index (χ1v) is 12.4. The highest BCUT2D eigenvalue weighted by Crippen LogP contribution is 2.02. The summed E-state index contributed by atoms with van der Waals surface area (Å²) in [6, 6.07) is 0. The van der Waals surface area contributed by atoms with E-state index in [4.69, 9.17) is 23.7 Å². The maximum Gasteiger partial charge on any atom is 0.256 e. The molecular weight excluding hydrogens is 463 g/mol. The first-order valence-electron chi connectivity index (χ1n) is 12.4. The van der Waals surface area contributed by atoms with Crippen molar-refractivity contribution in [3.8, 4) is 0 Å². The van der Waals surface area contributed by atoms with E-state index in [1.54, 1.807) is 6.92 Å². The number of hydrogen-bond acceptors (Lipinski definition) is 8. The van der Waals surface area contributed by atoms with Crippen LogP contribution in [0.5, 0.6) is 0 Å². The van der Waals surface area contributed by atoms with Gasteiger partial charge in [-0.1, -0.05) is 27.7 Å². The third kappa shape index (κ3) is 19.2. The quantitative estimate of drug-likeness (QED) is 0.188. The lowest BCUT2D eigenvalue weighted by molar-refractivity contribution is -0.128. The summed E-state index contributed by atoms with van der Waals surface area (Å²) in [4.78, 5) is 34.8. The average Bonchev–Trinajstić information content (AvgIpc) is 2.87. The fourth-order valence-corrected chi connectivity index (χ4v) is 2.42. The lowest BCUT2D eigenvalue weighted by Crippen LogP contribution is -2.42. The standard InChI is InChI=1S/C24H45FN2O8.2H2/c1-5-19(3)22(28)18-35-16-15-34-14-13-33-12-11-32-10-9-31-8-7-26-24(30)21(25)17-27-23(29)20(4)6-2;;/h19-21H,5-18H2,1-4H3,(H,26,30)(H,27,29);2*1H. The summed E-state index contributed by atoms with van der Waals surface area (Å²) in [6.45, 7) is 10.8. The highest BCUT2D eigenvalue weighted by atomic mass is 19.1. The van der Waals surface area contributed by atoms with E-state index >= 15 is 0 Å². The summed E-state index contributed by atoms with van der Waals surface area (Å²) in [5.74, 6) is -1.12. The zero-order valence-corrected chi connectivity index (χ0v) is 21.8. The van der Waals surface area contributed by atoms with Crippen molar-refractivity contribution in [2.24, 2.45) is 11.8 Å². The molecule has 0 saturated carbocycles. The van der Waals surface area contributed by atoms with E-state index in [1.165, 1.54) is 0 Å². The van der Waals surface area contributed by atoms with Gasteiger partial charge in [0.05, 0.1) is 66.0 Å². The van der Waals surface area contributed by atoms with E-state index in [0.29, 0.717) is 59.3 Å². The number of carbonyl (C=O) groups excluding carboxylic acids is 3. The molecule has 0 aromatic carbocycles. The Balaban J connectivity index is -0.00000578. The Hall–Kier alpha value is -1.66. The summed E-state index contributed by atoms with van der Waals surface area (Å²) in [5.41, 5.74) is 0. The molecule has 2 amide bonds. The summed E-state index contributed by atoms with van der Waals surface area (Å²) in [5, 5.41) is 4.85. The fourth-order valence-electron chi connectivity index (χ4n) is 2.42. The van der Waals surface area contributed by atoms with Crippen LogP contribution < -0.4 is 10.6 Å². The van der Waals surface area contributed by atoms with Crippen molar-refractivity contribution >= 4 is 17.6 Å².